The molecule has 0 aliphatic carbocycles. The molecular formula is C18H27N3OS. The summed E-state index contributed by atoms with van der Waals surface area (Å²) in [4.78, 5) is 5.96. The molecule has 1 aliphatic rings. The van der Waals surface area contributed by atoms with Gasteiger partial charge in [-0.3, -0.25) is 4.99 Å². The molecule has 0 amide bonds. The first-order valence-corrected chi connectivity index (χ1v) is 9.32. The van der Waals surface area contributed by atoms with Gasteiger partial charge in [0.1, 0.15) is 0 Å². The molecular weight excluding hydrogens is 306 g/mol. The second-order valence-electron chi connectivity index (χ2n) is 5.29. The minimum absolute atomic E-state index is 0.758. The van der Waals surface area contributed by atoms with E-state index in [2.05, 4.69) is 52.9 Å². The van der Waals surface area contributed by atoms with E-state index >= 15 is 0 Å². The summed E-state index contributed by atoms with van der Waals surface area (Å²) in [7, 11) is 0. The Bertz CT molecular complexity index is 502. The van der Waals surface area contributed by atoms with Crippen molar-refractivity contribution in [2.75, 3.05) is 38.6 Å². The summed E-state index contributed by atoms with van der Waals surface area (Å²) in [5.74, 6) is 1.94. The zero-order valence-electron chi connectivity index (χ0n) is 13.9. The number of aliphatic imine (C=N–C) groups is 1. The summed E-state index contributed by atoms with van der Waals surface area (Å²) < 4.78 is 5.33. The van der Waals surface area contributed by atoms with Gasteiger partial charge in [0.2, 0.25) is 0 Å². The van der Waals surface area contributed by atoms with Crippen LogP contribution < -0.4 is 10.6 Å². The monoisotopic (exact) mass is 333 g/mol. The van der Waals surface area contributed by atoms with Crippen molar-refractivity contribution in [3.8, 4) is 0 Å². The predicted molar refractivity (Wildman–Crippen MR) is 99.3 cm³/mol. The minimum Gasteiger partial charge on any atom is -0.377 e. The molecule has 0 saturated heterocycles. The van der Waals surface area contributed by atoms with E-state index < -0.39 is 0 Å². The van der Waals surface area contributed by atoms with E-state index in [1.54, 1.807) is 0 Å². The van der Waals surface area contributed by atoms with E-state index in [-0.39, 0.29) is 0 Å². The minimum atomic E-state index is 0.758. The van der Waals surface area contributed by atoms with Crippen molar-refractivity contribution in [3.63, 3.8) is 0 Å². The van der Waals surface area contributed by atoms with Gasteiger partial charge in [0.05, 0.1) is 13.2 Å². The highest BCUT2D eigenvalue weighted by Gasteiger charge is 2.03. The third kappa shape index (κ3) is 7.57. The Morgan fingerprint density at radius 1 is 1.26 bits per heavy atom. The van der Waals surface area contributed by atoms with Crippen LogP contribution >= 0.6 is 11.8 Å². The molecule has 2 rings (SSSR count). The zero-order chi connectivity index (χ0) is 16.2. The van der Waals surface area contributed by atoms with E-state index in [4.69, 9.17) is 4.74 Å². The number of nitrogens with one attached hydrogen (secondary N) is 2. The Morgan fingerprint density at radius 3 is 2.87 bits per heavy atom. The van der Waals surface area contributed by atoms with E-state index in [9.17, 15) is 0 Å². The first-order chi connectivity index (χ1) is 11.4. The number of ether oxygens (including phenoxy) is 1. The SMILES string of the molecule is CCNC(=NCCC1=CCOCC1)NCCSc1ccccc1. The molecule has 0 saturated carbocycles. The van der Waals surface area contributed by atoms with Crippen LogP contribution in [0, 0.1) is 0 Å². The maximum absolute atomic E-state index is 5.33. The van der Waals surface area contributed by atoms with Gasteiger partial charge in [-0.1, -0.05) is 29.8 Å². The molecule has 0 fully saturated rings. The highest BCUT2D eigenvalue weighted by Crippen LogP contribution is 2.15. The predicted octanol–water partition coefficient (Wildman–Crippen LogP) is 3.07. The molecule has 1 heterocycles. The van der Waals surface area contributed by atoms with Crippen LogP contribution in [-0.4, -0.2) is 44.6 Å². The number of benzene rings is 1. The summed E-state index contributed by atoms with van der Waals surface area (Å²) in [6, 6.07) is 10.5. The van der Waals surface area contributed by atoms with Crippen LogP contribution in [0.3, 0.4) is 0 Å². The van der Waals surface area contributed by atoms with E-state index in [0.29, 0.717) is 0 Å². The second kappa shape index (κ2) is 11.1. The van der Waals surface area contributed by atoms with Crippen molar-refractivity contribution in [2.24, 2.45) is 4.99 Å². The largest absolute Gasteiger partial charge is 0.377 e. The van der Waals surface area contributed by atoms with Crippen molar-refractivity contribution in [1.29, 1.82) is 0 Å². The Balaban J connectivity index is 1.67. The third-order valence-corrected chi connectivity index (χ3v) is 4.52. The van der Waals surface area contributed by atoms with Crippen LogP contribution in [0.1, 0.15) is 19.8 Å². The third-order valence-electron chi connectivity index (χ3n) is 3.51. The average molecular weight is 334 g/mol. The summed E-state index contributed by atoms with van der Waals surface area (Å²) >= 11 is 1.86. The molecule has 2 N–H and O–H groups in total. The highest BCUT2D eigenvalue weighted by atomic mass is 32.2. The van der Waals surface area contributed by atoms with Crippen molar-refractivity contribution in [3.05, 3.63) is 42.0 Å². The van der Waals surface area contributed by atoms with Gasteiger partial charge in [-0.15, -0.1) is 11.8 Å². The van der Waals surface area contributed by atoms with Crippen LogP contribution in [-0.2, 0) is 4.74 Å². The van der Waals surface area contributed by atoms with E-state index in [0.717, 1.165) is 57.4 Å². The summed E-state index contributed by atoms with van der Waals surface area (Å²) in [6.07, 6.45) is 4.27. The fourth-order valence-corrected chi connectivity index (χ4v) is 3.09. The van der Waals surface area contributed by atoms with Crippen molar-refractivity contribution in [1.82, 2.24) is 10.6 Å². The van der Waals surface area contributed by atoms with Gasteiger partial charge in [0, 0.05) is 30.3 Å². The second-order valence-corrected chi connectivity index (χ2v) is 6.45. The maximum Gasteiger partial charge on any atom is 0.191 e. The van der Waals surface area contributed by atoms with Crippen LogP contribution in [0.25, 0.3) is 0 Å². The van der Waals surface area contributed by atoms with Crippen LogP contribution in [0.2, 0.25) is 0 Å². The molecule has 0 spiro atoms. The van der Waals surface area contributed by atoms with Gasteiger partial charge in [-0.2, -0.15) is 0 Å². The van der Waals surface area contributed by atoms with Gasteiger partial charge in [0.15, 0.2) is 5.96 Å². The molecule has 1 aliphatic heterocycles. The molecule has 1 aromatic carbocycles. The van der Waals surface area contributed by atoms with Crippen molar-refractivity contribution >= 4 is 17.7 Å². The van der Waals surface area contributed by atoms with E-state index in [1.807, 2.05) is 17.8 Å². The number of guanidine groups is 1. The fourth-order valence-electron chi connectivity index (χ4n) is 2.30. The number of nitrogens with zero attached hydrogens (tertiary/aromatic N) is 1. The lowest BCUT2D eigenvalue weighted by atomic mass is 10.1. The van der Waals surface area contributed by atoms with Gasteiger partial charge < -0.3 is 15.4 Å². The van der Waals surface area contributed by atoms with Crippen LogP contribution in [0.15, 0.2) is 51.9 Å². The quantitative estimate of drug-likeness (QED) is 0.252. The first-order valence-electron chi connectivity index (χ1n) is 8.34. The van der Waals surface area contributed by atoms with Crippen molar-refractivity contribution < 1.29 is 4.74 Å². The molecule has 0 atom stereocenters. The number of hydrogen-bond acceptors (Lipinski definition) is 3. The highest BCUT2D eigenvalue weighted by molar-refractivity contribution is 7.99. The molecule has 4 nitrogen and oxygen atoms in total. The van der Waals surface area contributed by atoms with Gasteiger partial charge in [0.25, 0.3) is 0 Å². The molecule has 5 heteroatoms. The lowest BCUT2D eigenvalue weighted by Crippen LogP contribution is -2.38. The Labute approximate surface area is 143 Å². The van der Waals surface area contributed by atoms with E-state index in [1.165, 1.54) is 10.5 Å². The van der Waals surface area contributed by atoms with Crippen LogP contribution in [0.5, 0.6) is 0 Å². The Hall–Kier alpha value is -1.46. The molecule has 0 radical (unpaired) electrons. The standard InChI is InChI=1S/C18H27N3OS/c1-2-19-18(20-11-8-16-9-13-22-14-10-16)21-12-15-23-17-6-4-3-5-7-17/h3-7,9H,2,8,10-15H2,1H3,(H2,19,20,21). The molecule has 126 valence electrons. The van der Waals surface area contributed by atoms with Crippen LogP contribution in [0.4, 0.5) is 0 Å². The molecule has 0 bridgehead atoms. The molecule has 23 heavy (non-hydrogen) atoms. The Kier molecular flexibility index (Phi) is 8.66. The summed E-state index contributed by atoms with van der Waals surface area (Å²) in [5, 5.41) is 6.71. The lowest BCUT2D eigenvalue weighted by Gasteiger charge is -2.14. The van der Waals surface area contributed by atoms with Crippen molar-refractivity contribution in [2.45, 2.75) is 24.7 Å². The molecule has 0 unspecified atom stereocenters. The lowest BCUT2D eigenvalue weighted by molar-refractivity contribution is 0.153. The molecule has 0 aromatic heterocycles. The number of hydrogen-bond donors (Lipinski definition) is 2. The summed E-state index contributed by atoms with van der Waals surface area (Å²) in [5.41, 5.74) is 1.47. The number of thioether (sulfide) groups is 1. The van der Waals surface area contributed by atoms with Gasteiger partial charge in [-0.25, -0.2) is 0 Å². The first kappa shape index (κ1) is 17.9. The van der Waals surface area contributed by atoms with Gasteiger partial charge in [-0.05, 0) is 31.9 Å². The number of rotatable bonds is 8. The Morgan fingerprint density at radius 2 is 2.13 bits per heavy atom. The molecule has 1 aromatic rings. The fraction of sp³-hybridized carbons (Fsp3) is 0.500. The summed E-state index contributed by atoms with van der Waals surface area (Å²) in [6.45, 7) is 6.32. The normalized spacial score (nSPS) is 15.2. The van der Waals surface area contributed by atoms with Gasteiger partial charge >= 0.3 is 0 Å². The average Bonchev–Trinajstić information content (AvgIpc) is 2.60. The smallest absolute Gasteiger partial charge is 0.191 e. The topological polar surface area (TPSA) is 45.7 Å². The zero-order valence-corrected chi connectivity index (χ0v) is 14.7. The maximum atomic E-state index is 5.33.